The second-order valence-corrected chi connectivity index (χ2v) is 7.64. The number of para-hydroxylation sites is 1. The Morgan fingerprint density at radius 2 is 2.00 bits per heavy atom. The minimum absolute atomic E-state index is 0.0726. The summed E-state index contributed by atoms with van der Waals surface area (Å²) in [6.07, 6.45) is 1.62. The summed E-state index contributed by atoms with van der Waals surface area (Å²) < 4.78 is 51.6. The molecular weight excluding hydrogens is 340 g/mol. The molecule has 2 N–H and O–H groups in total. The van der Waals surface area contributed by atoms with Gasteiger partial charge < -0.3 is 15.4 Å². The summed E-state index contributed by atoms with van der Waals surface area (Å²) in [5.41, 5.74) is 0.560. The summed E-state index contributed by atoms with van der Waals surface area (Å²) in [7, 11) is -1.45. The molecule has 0 aromatic heterocycles. The Hall–Kier alpha value is -1.90. The Morgan fingerprint density at radius 1 is 1.33 bits per heavy atom. The number of halogens is 2. The summed E-state index contributed by atoms with van der Waals surface area (Å²) in [6, 6.07) is 6.36. The van der Waals surface area contributed by atoms with Crippen molar-refractivity contribution in [3.05, 3.63) is 29.8 Å². The topological polar surface area (TPSA) is 79.8 Å². The fraction of sp³-hybridized carbons (Fsp3) is 0.533. The number of rotatable bonds is 8. The third-order valence-electron chi connectivity index (χ3n) is 3.16. The second kappa shape index (κ2) is 9.41. The van der Waals surface area contributed by atoms with E-state index in [1.165, 1.54) is 12.3 Å². The van der Waals surface area contributed by atoms with Crippen LogP contribution in [0.15, 0.2) is 29.3 Å². The van der Waals surface area contributed by atoms with Crippen molar-refractivity contribution < 1.29 is 21.9 Å². The highest BCUT2D eigenvalue weighted by Gasteiger charge is 2.11. The van der Waals surface area contributed by atoms with Gasteiger partial charge in [-0.25, -0.2) is 8.42 Å². The Labute approximate surface area is 141 Å². The van der Waals surface area contributed by atoms with Crippen molar-refractivity contribution in [2.45, 2.75) is 32.5 Å². The first-order valence-corrected chi connectivity index (χ1v) is 9.45. The van der Waals surface area contributed by atoms with E-state index in [0.29, 0.717) is 17.9 Å². The molecule has 1 unspecified atom stereocenters. The van der Waals surface area contributed by atoms with Crippen LogP contribution >= 0.6 is 0 Å². The molecule has 1 atom stereocenters. The van der Waals surface area contributed by atoms with E-state index in [1.54, 1.807) is 25.2 Å². The molecular formula is C15H23F2N3O3S. The van der Waals surface area contributed by atoms with Crippen molar-refractivity contribution in [1.82, 2.24) is 10.6 Å². The maximum absolute atomic E-state index is 12.4. The standard InChI is InChI=1S/C15H23F2N3O3S/c1-11(8-9-24(3,21)22)20-15(18-2)19-10-12-6-4-5-7-13(12)23-14(16)17/h4-7,11,14H,8-10H2,1-3H3,(H2,18,19,20). The molecule has 6 nitrogen and oxygen atoms in total. The van der Waals surface area contributed by atoms with E-state index in [1.807, 2.05) is 6.92 Å². The highest BCUT2D eigenvalue weighted by atomic mass is 32.2. The van der Waals surface area contributed by atoms with Gasteiger partial charge >= 0.3 is 6.61 Å². The van der Waals surface area contributed by atoms with Gasteiger partial charge in [0.15, 0.2) is 5.96 Å². The van der Waals surface area contributed by atoms with Crippen LogP contribution in [0.2, 0.25) is 0 Å². The van der Waals surface area contributed by atoms with Crippen molar-refractivity contribution in [2.75, 3.05) is 19.1 Å². The molecule has 0 aliphatic carbocycles. The molecule has 1 aromatic carbocycles. The highest BCUT2D eigenvalue weighted by molar-refractivity contribution is 7.90. The zero-order chi connectivity index (χ0) is 18.2. The zero-order valence-electron chi connectivity index (χ0n) is 13.9. The van der Waals surface area contributed by atoms with Crippen molar-refractivity contribution in [2.24, 2.45) is 4.99 Å². The SMILES string of the molecule is CN=C(NCc1ccccc1OC(F)F)NC(C)CCS(C)(=O)=O. The Bertz CT molecular complexity index is 651. The van der Waals surface area contributed by atoms with Gasteiger partial charge in [0, 0.05) is 31.5 Å². The molecule has 0 bridgehead atoms. The van der Waals surface area contributed by atoms with Gasteiger partial charge in [-0.1, -0.05) is 18.2 Å². The van der Waals surface area contributed by atoms with Crippen molar-refractivity contribution >= 4 is 15.8 Å². The number of sulfone groups is 1. The van der Waals surface area contributed by atoms with E-state index in [4.69, 9.17) is 0 Å². The van der Waals surface area contributed by atoms with Gasteiger partial charge in [-0.3, -0.25) is 4.99 Å². The number of aliphatic imine (C=N–C) groups is 1. The monoisotopic (exact) mass is 363 g/mol. The number of nitrogens with zero attached hydrogens (tertiary/aromatic N) is 1. The fourth-order valence-electron chi connectivity index (χ4n) is 1.93. The maximum Gasteiger partial charge on any atom is 0.387 e. The summed E-state index contributed by atoms with van der Waals surface area (Å²) in [5.74, 6) is 0.617. The van der Waals surface area contributed by atoms with Crippen LogP contribution in [0.4, 0.5) is 8.78 Å². The molecule has 0 aliphatic heterocycles. The first-order valence-electron chi connectivity index (χ1n) is 7.39. The molecule has 0 fully saturated rings. The molecule has 0 saturated carbocycles. The Kier molecular flexibility index (Phi) is 7.90. The van der Waals surface area contributed by atoms with Crippen LogP contribution in [0.1, 0.15) is 18.9 Å². The average molecular weight is 363 g/mol. The van der Waals surface area contributed by atoms with Crippen molar-refractivity contribution in [3.8, 4) is 5.75 Å². The summed E-state index contributed by atoms with van der Waals surface area (Å²) in [5, 5.41) is 6.05. The molecule has 0 spiro atoms. The minimum Gasteiger partial charge on any atom is -0.434 e. The highest BCUT2D eigenvalue weighted by Crippen LogP contribution is 2.19. The Balaban J connectivity index is 2.58. The molecule has 0 radical (unpaired) electrons. The lowest BCUT2D eigenvalue weighted by atomic mass is 10.2. The smallest absolute Gasteiger partial charge is 0.387 e. The largest absolute Gasteiger partial charge is 0.434 e. The molecule has 0 saturated heterocycles. The van der Waals surface area contributed by atoms with Crippen molar-refractivity contribution in [3.63, 3.8) is 0 Å². The van der Waals surface area contributed by atoms with E-state index in [0.717, 1.165) is 0 Å². The first kappa shape index (κ1) is 20.1. The lowest BCUT2D eigenvalue weighted by Crippen LogP contribution is -2.42. The molecule has 0 aliphatic rings. The number of ether oxygens (including phenoxy) is 1. The van der Waals surface area contributed by atoms with Crippen LogP contribution < -0.4 is 15.4 Å². The molecule has 0 heterocycles. The summed E-state index contributed by atoms with van der Waals surface area (Å²) in [6.45, 7) is -0.813. The van der Waals surface area contributed by atoms with E-state index in [-0.39, 0.29) is 24.1 Å². The van der Waals surface area contributed by atoms with Gasteiger partial charge in [-0.15, -0.1) is 0 Å². The quantitative estimate of drug-likeness (QED) is 0.544. The number of hydrogen-bond acceptors (Lipinski definition) is 4. The molecule has 0 amide bonds. The van der Waals surface area contributed by atoms with Crippen LogP contribution in [0, 0.1) is 0 Å². The maximum atomic E-state index is 12.4. The van der Waals surface area contributed by atoms with Crippen LogP contribution in [0.3, 0.4) is 0 Å². The first-order chi connectivity index (χ1) is 11.2. The van der Waals surface area contributed by atoms with Crippen LogP contribution in [-0.4, -0.2) is 46.1 Å². The van der Waals surface area contributed by atoms with Crippen LogP contribution in [-0.2, 0) is 16.4 Å². The van der Waals surface area contributed by atoms with Gasteiger partial charge in [0.05, 0.1) is 5.75 Å². The van der Waals surface area contributed by atoms with Gasteiger partial charge in [-0.05, 0) is 19.4 Å². The number of benzene rings is 1. The number of nitrogens with one attached hydrogen (secondary N) is 2. The predicted octanol–water partition coefficient (Wildman–Crippen LogP) is 1.78. The molecule has 24 heavy (non-hydrogen) atoms. The summed E-state index contributed by atoms with van der Waals surface area (Å²) in [4.78, 5) is 4.03. The van der Waals surface area contributed by atoms with Crippen molar-refractivity contribution in [1.29, 1.82) is 0 Å². The predicted molar refractivity (Wildman–Crippen MR) is 90.2 cm³/mol. The Morgan fingerprint density at radius 3 is 2.58 bits per heavy atom. The van der Waals surface area contributed by atoms with Gasteiger partial charge in [0.1, 0.15) is 15.6 Å². The van der Waals surface area contributed by atoms with Crippen LogP contribution in [0.25, 0.3) is 0 Å². The second-order valence-electron chi connectivity index (χ2n) is 5.38. The van der Waals surface area contributed by atoms with E-state index in [2.05, 4.69) is 20.4 Å². The summed E-state index contributed by atoms with van der Waals surface area (Å²) >= 11 is 0. The molecule has 9 heteroatoms. The fourth-order valence-corrected chi connectivity index (χ4v) is 2.71. The van der Waals surface area contributed by atoms with Gasteiger partial charge in [0.25, 0.3) is 0 Å². The average Bonchev–Trinajstić information content (AvgIpc) is 2.49. The third kappa shape index (κ3) is 8.09. The minimum atomic E-state index is -3.02. The van der Waals surface area contributed by atoms with Gasteiger partial charge in [0.2, 0.25) is 0 Å². The normalized spacial score (nSPS) is 13.7. The molecule has 1 rings (SSSR count). The van der Waals surface area contributed by atoms with E-state index >= 15 is 0 Å². The lowest BCUT2D eigenvalue weighted by Gasteiger charge is -2.18. The van der Waals surface area contributed by atoms with E-state index in [9.17, 15) is 17.2 Å². The number of alkyl halides is 2. The van der Waals surface area contributed by atoms with E-state index < -0.39 is 16.4 Å². The van der Waals surface area contributed by atoms with Gasteiger partial charge in [-0.2, -0.15) is 8.78 Å². The third-order valence-corrected chi connectivity index (χ3v) is 4.14. The lowest BCUT2D eigenvalue weighted by molar-refractivity contribution is -0.0504. The molecule has 1 aromatic rings. The number of hydrogen-bond donors (Lipinski definition) is 2. The molecule has 136 valence electrons. The zero-order valence-corrected chi connectivity index (χ0v) is 14.7. The number of guanidine groups is 1. The van der Waals surface area contributed by atoms with Crippen LogP contribution in [0.5, 0.6) is 5.75 Å².